The van der Waals surface area contributed by atoms with E-state index in [1.807, 2.05) is 0 Å². The van der Waals surface area contributed by atoms with Crippen molar-refractivity contribution in [3.05, 3.63) is 0 Å². The molecule has 0 aliphatic heterocycles. The molecule has 0 bridgehead atoms. The van der Waals surface area contributed by atoms with Crippen LogP contribution in [0.3, 0.4) is 0 Å². The number of carbonyl (C=O) groups is 1. The molecule has 0 saturated carbocycles. The predicted molar refractivity (Wildman–Crippen MR) is 44.0 cm³/mol. The fraction of sp³-hybridized carbons (Fsp3) is 0.833. The van der Waals surface area contributed by atoms with Gasteiger partial charge in [-0.15, -0.1) is 0 Å². The predicted octanol–water partition coefficient (Wildman–Crippen LogP) is -2.44. The molecule has 0 aromatic rings. The van der Waals surface area contributed by atoms with Crippen LogP contribution in [0.1, 0.15) is 0 Å². The van der Waals surface area contributed by atoms with Crippen molar-refractivity contribution < 1.29 is 25.2 Å². The number of carbonyl (C=O) groups excluding carboxylic acids is 1. The van der Waals surface area contributed by atoms with Gasteiger partial charge in [0.15, 0.2) is 5.78 Å². The molecular formula is C6H12O5S. The standard InChI is InChI=1S/C6H12O5S/c7-1-3(8)5(10)6(11)4(9)2-12/h3,5-8,10-12H,1-2H2. The second-order valence-electron chi connectivity index (χ2n) is 2.31. The molecule has 0 spiro atoms. The molecule has 5 nitrogen and oxygen atoms in total. The van der Waals surface area contributed by atoms with Gasteiger partial charge >= 0.3 is 0 Å². The van der Waals surface area contributed by atoms with E-state index in [0.717, 1.165) is 0 Å². The average Bonchev–Trinajstić information content (AvgIpc) is 2.12. The van der Waals surface area contributed by atoms with Gasteiger partial charge in [0.2, 0.25) is 0 Å². The molecule has 0 saturated heterocycles. The van der Waals surface area contributed by atoms with Crippen LogP contribution in [0.25, 0.3) is 0 Å². The van der Waals surface area contributed by atoms with E-state index in [1.165, 1.54) is 0 Å². The molecular weight excluding hydrogens is 184 g/mol. The van der Waals surface area contributed by atoms with Gasteiger partial charge in [-0.3, -0.25) is 4.79 Å². The number of Topliss-reactive ketones (excluding diaryl/α,β-unsaturated/α-hetero) is 1. The summed E-state index contributed by atoms with van der Waals surface area (Å²) in [4.78, 5) is 10.7. The van der Waals surface area contributed by atoms with Gasteiger partial charge < -0.3 is 20.4 Å². The fourth-order valence-electron chi connectivity index (χ4n) is 0.602. The minimum absolute atomic E-state index is 0.226. The van der Waals surface area contributed by atoms with Crippen LogP contribution in [0.4, 0.5) is 0 Å². The summed E-state index contributed by atoms with van der Waals surface area (Å²) < 4.78 is 0. The summed E-state index contributed by atoms with van der Waals surface area (Å²) in [6, 6.07) is 0. The van der Waals surface area contributed by atoms with E-state index in [1.54, 1.807) is 0 Å². The lowest BCUT2D eigenvalue weighted by Gasteiger charge is -2.19. The van der Waals surface area contributed by atoms with E-state index in [-0.39, 0.29) is 5.75 Å². The van der Waals surface area contributed by atoms with Crippen molar-refractivity contribution in [3.63, 3.8) is 0 Å². The molecule has 3 atom stereocenters. The van der Waals surface area contributed by atoms with E-state index >= 15 is 0 Å². The molecule has 4 N–H and O–H groups in total. The molecule has 0 aliphatic carbocycles. The molecule has 72 valence electrons. The number of aliphatic hydroxyl groups is 4. The van der Waals surface area contributed by atoms with E-state index in [4.69, 9.17) is 20.4 Å². The summed E-state index contributed by atoms with van der Waals surface area (Å²) in [5.41, 5.74) is 0. The third-order valence-corrected chi connectivity index (χ3v) is 1.70. The first-order chi connectivity index (χ1) is 5.54. The maximum atomic E-state index is 10.7. The molecule has 0 fully saturated rings. The van der Waals surface area contributed by atoms with Gasteiger partial charge in [-0.05, 0) is 0 Å². The Hall–Kier alpha value is -0.140. The Balaban J connectivity index is 4.08. The van der Waals surface area contributed by atoms with Gasteiger partial charge in [0, 0.05) is 0 Å². The van der Waals surface area contributed by atoms with Crippen LogP contribution in [0.5, 0.6) is 0 Å². The number of thiol groups is 1. The largest absolute Gasteiger partial charge is 0.394 e. The molecule has 6 heteroatoms. The maximum Gasteiger partial charge on any atom is 0.173 e. The van der Waals surface area contributed by atoms with Crippen LogP contribution < -0.4 is 0 Å². The summed E-state index contributed by atoms with van der Waals surface area (Å²) in [6.45, 7) is -0.710. The summed E-state index contributed by atoms with van der Waals surface area (Å²) >= 11 is 3.58. The first-order valence-corrected chi connectivity index (χ1v) is 3.96. The zero-order valence-electron chi connectivity index (χ0n) is 6.29. The molecule has 0 aromatic carbocycles. The van der Waals surface area contributed by atoms with Gasteiger partial charge in [0.1, 0.15) is 18.3 Å². The lowest BCUT2D eigenvalue weighted by molar-refractivity contribution is -0.137. The molecule has 0 rings (SSSR count). The highest BCUT2D eigenvalue weighted by atomic mass is 32.1. The van der Waals surface area contributed by atoms with Crippen LogP contribution in [0, 0.1) is 0 Å². The molecule has 0 heterocycles. The highest BCUT2D eigenvalue weighted by Gasteiger charge is 2.28. The first-order valence-electron chi connectivity index (χ1n) is 3.33. The minimum atomic E-state index is -1.69. The molecule has 3 unspecified atom stereocenters. The van der Waals surface area contributed by atoms with Gasteiger partial charge in [0.25, 0.3) is 0 Å². The van der Waals surface area contributed by atoms with Crippen LogP contribution >= 0.6 is 12.6 Å². The molecule has 12 heavy (non-hydrogen) atoms. The lowest BCUT2D eigenvalue weighted by atomic mass is 10.1. The summed E-state index contributed by atoms with van der Waals surface area (Å²) in [5, 5.41) is 35.1. The Bertz CT molecular complexity index is 151. The van der Waals surface area contributed by atoms with Crippen molar-refractivity contribution in [3.8, 4) is 0 Å². The fourth-order valence-corrected chi connectivity index (χ4v) is 0.789. The van der Waals surface area contributed by atoms with E-state index < -0.39 is 30.7 Å². The Morgan fingerprint density at radius 2 is 1.83 bits per heavy atom. The van der Waals surface area contributed by atoms with Crippen molar-refractivity contribution in [1.82, 2.24) is 0 Å². The Morgan fingerprint density at radius 1 is 1.33 bits per heavy atom. The maximum absolute atomic E-state index is 10.7. The van der Waals surface area contributed by atoms with Crippen LogP contribution in [-0.4, -0.2) is 56.9 Å². The van der Waals surface area contributed by atoms with E-state index in [0.29, 0.717) is 0 Å². The highest BCUT2D eigenvalue weighted by Crippen LogP contribution is 2.01. The number of rotatable bonds is 5. The summed E-state index contributed by atoms with van der Waals surface area (Å²) in [7, 11) is 0. The van der Waals surface area contributed by atoms with Crippen LogP contribution in [0.15, 0.2) is 0 Å². The van der Waals surface area contributed by atoms with Crippen LogP contribution in [0.2, 0.25) is 0 Å². The SMILES string of the molecule is O=C(CS)C(O)C(O)C(O)CO. The smallest absolute Gasteiger partial charge is 0.173 e. The lowest BCUT2D eigenvalue weighted by Crippen LogP contribution is -2.44. The van der Waals surface area contributed by atoms with Gasteiger partial charge in [0.05, 0.1) is 12.4 Å². The minimum Gasteiger partial charge on any atom is -0.394 e. The van der Waals surface area contributed by atoms with Gasteiger partial charge in [-0.2, -0.15) is 12.6 Å². The van der Waals surface area contributed by atoms with Crippen molar-refractivity contribution in [2.45, 2.75) is 18.3 Å². The third kappa shape index (κ3) is 3.08. The molecule has 0 amide bonds. The second-order valence-corrected chi connectivity index (χ2v) is 2.63. The Labute approximate surface area is 75.1 Å². The Kier molecular flexibility index (Phi) is 5.43. The van der Waals surface area contributed by atoms with E-state index in [9.17, 15) is 4.79 Å². The van der Waals surface area contributed by atoms with Crippen molar-refractivity contribution in [2.75, 3.05) is 12.4 Å². The normalized spacial score (nSPS) is 18.4. The number of ketones is 1. The average molecular weight is 196 g/mol. The number of aliphatic hydroxyl groups excluding tert-OH is 4. The number of hydrogen-bond donors (Lipinski definition) is 5. The van der Waals surface area contributed by atoms with Gasteiger partial charge in [-0.25, -0.2) is 0 Å². The Morgan fingerprint density at radius 3 is 2.17 bits per heavy atom. The van der Waals surface area contributed by atoms with Crippen molar-refractivity contribution in [2.24, 2.45) is 0 Å². The quantitative estimate of drug-likeness (QED) is 0.315. The molecule has 0 aliphatic rings. The molecule has 0 aromatic heterocycles. The van der Waals surface area contributed by atoms with E-state index in [2.05, 4.69) is 12.6 Å². The molecule has 0 radical (unpaired) electrons. The topological polar surface area (TPSA) is 98.0 Å². The van der Waals surface area contributed by atoms with Crippen LogP contribution in [-0.2, 0) is 4.79 Å². The zero-order valence-corrected chi connectivity index (χ0v) is 7.19. The van der Waals surface area contributed by atoms with Gasteiger partial charge in [-0.1, -0.05) is 0 Å². The van der Waals surface area contributed by atoms with Crippen molar-refractivity contribution >= 4 is 18.4 Å². The highest BCUT2D eigenvalue weighted by molar-refractivity contribution is 7.81. The number of hydrogen-bond acceptors (Lipinski definition) is 6. The third-order valence-electron chi connectivity index (χ3n) is 1.39. The second kappa shape index (κ2) is 5.50. The summed E-state index contributed by atoms with van der Waals surface area (Å²) in [6.07, 6.45) is -4.86. The van der Waals surface area contributed by atoms with Crippen molar-refractivity contribution in [1.29, 1.82) is 0 Å². The first kappa shape index (κ1) is 11.9. The summed E-state index contributed by atoms with van der Waals surface area (Å²) in [5.74, 6) is -0.922. The monoisotopic (exact) mass is 196 g/mol. The zero-order chi connectivity index (χ0) is 9.72.